The van der Waals surface area contributed by atoms with Gasteiger partial charge in [-0.15, -0.1) is 0 Å². The van der Waals surface area contributed by atoms with E-state index >= 15 is 0 Å². The Morgan fingerprint density at radius 2 is 2.13 bits per heavy atom. The number of halogens is 1. The topological polar surface area (TPSA) is 9.23 Å². The zero-order chi connectivity index (χ0) is 11.1. The first-order chi connectivity index (χ1) is 7.27. The third-order valence-electron chi connectivity index (χ3n) is 2.22. The molecule has 82 valence electrons. The maximum atomic E-state index is 5.31. The van der Waals surface area contributed by atoms with Crippen LogP contribution < -0.4 is 4.74 Å². The third-order valence-corrected chi connectivity index (χ3v) is 2.67. The molecule has 0 aromatic heterocycles. The van der Waals surface area contributed by atoms with Crippen LogP contribution >= 0.6 is 15.9 Å². The maximum absolute atomic E-state index is 5.31. The van der Waals surface area contributed by atoms with Crippen LogP contribution in [0.15, 0.2) is 30.4 Å². The smallest absolute Gasteiger partial charge is 0.122 e. The standard InChI is InChI=1S/C13H17BrO/c1-11-7-8-13(15-2)12(10-11)6-4-3-5-9-14/h3-4,7-8,10H,5-6,9H2,1-2H3. The van der Waals surface area contributed by atoms with Gasteiger partial charge in [-0.2, -0.15) is 0 Å². The number of rotatable bonds is 5. The van der Waals surface area contributed by atoms with Crippen molar-refractivity contribution < 1.29 is 4.74 Å². The lowest BCUT2D eigenvalue weighted by Crippen LogP contribution is -1.91. The SMILES string of the molecule is COc1ccc(C)cc1CC=CCCBr. The van der Waals surface area contributed by atoms with Crippen LogP contribution in [-0.2, 0) is 6.42 Å². The van der Waals surface area contributed by atoms with Gasteiger partial charge in [0.05, 0.1) is 7.11 Å². The van der Waals surface area contributed by atoms with E-state index < -0.39 is 0 Å². The summed E-state index contributed by atoms with van der Waals surface area (Å²) in [6.07, 6.45) is 6.40. The Balaban J connectivity index is 2.69. The molecule has 1 rings (SSSR count). The van der Waals surface area contributed by atoms with Gasteiger partial charge in [-0.1, -0.05) is 45.8 Å². The van der Waals surface area contributed by atoms with E-state index in [0.717, 1.165) is 23.9 Å². The predicted molar refractivity (Wildman–Crippen MR) is 69.0 cm³/mol. The molecule has 0 bridgehead atoms. The Kier molecular flexibility index (Phi) is 5.48. The van der Waals surface area contributed by atoms with Gasteiger partial charge in [-0.25, -0.2) is 0 Å². The lowest BCUT2D eigenvalue weighted by atomic mass is 10.1. The summed E-state index contributed by atoms with van der Waals surface area (Å²) >= 11 is 3.40. The molecule has 2 heteroatoms. The van der Waals surface area contributed by atoms with E-state index in [1.807, 2.05) is 6.07 Å². The molecule has 0 radical (unpaired) electrons. The molecule has 0 spiro atoms. The van der Waals surface area contributed by atoms with Crippen molar-refractivity contribution in [1.29, 1.82) is 0 Å². The maximum Gasteiger partial charge on any atom is 0.122 e. The fraction of sp³-hybridized carbons (Fsp3) is 0.385. The zero-order valence-electron chi connectivity index (χ0n) is 9.29. The summed E-state index contributed by atoms with van der Waals surface area (Å²) in [5.74, 6) is 0.976. The summed E-state index contributed by atoms with van der Waals surface area (Å²) in [6, 6.07) is 6.28. The van der Waals surface area contributed by atoms with E-state index in [9.17, 15) is 0 Å². The molecule has 15 heavy (non-hydrogen) atoms. The summed E-state index contributed by atoms with van der Waals surface area (Å²) < 4.78 is 5.31. The van der Waals surface area contributed by atoms with Gasteiger partial charge in [0.25, 0.3) is 0 Å². The molecule has 0 heterocycles. The second kappa shape index (κ2) is 6.67. The first-order valence-corrected chi connectivity index (χ1v) is 6.24. The van der Waals surface area contributed by atoms with Crippen LogP contribution in [0.25, 0.3) is 0 Å². The Morgan fingerprint density at radius 1 is 1.33 bits per heavy atom. The third kappa shape index (κ3) is 4.08. The highest BCUT2D eigenvalue weighted by atomic mass is 79.9. The molecular formula is C13H17BrO. The van der Waals surface area contributed by atoms with E-state index in [-0.39, 0.29) is 0 Å². The summed E-state index contributed by atoms with van der Waals surface area (Å²) in [5, 5.41) is 1.02. The molecule has 0 amide bonds. The second-order valence-corrected chi connectivity index (χ2v) is 4.26. The minimum absolute atomic E-state index is 0.942. The molecule has 0 aliphatic carbocycles. The zero-order valence-corrected chi connectivity index (χ0v) is 10.9. The monoisotopic (exact) mass is 268 g/mol. The Morgan fingerprint density at radius 3 is 2.80 bits per heavy atom. The van der Waals surface area contributed by atoms with Gasteiger partial charge < -0.3 is 4.74 Å². The number of aryl methyl sites for hydroxylation is 1. The first kappa shape index (κ1) is 12.3. The van der Waals surface area contributed by atoms with Crippen molar-refractivity contribution >= 4 is 15.9 Å². The van der Waals surface area contributed by atoms with Crippen LogP contribution in [0.5, 0.6) is 5.75 Å². The normalized spacial score (nSPS) is 10.9. The van der Waals surface area contributed by atoms with Crippen molar-refractivity contribution in [3.05, 3.63) is 41.5 Å². The van der Waals surface area contributed by atoms with Crippen LogP contribution in [0, 0.1) is 6.92 Å². The largest absolute Gasteiger partial charge is 0.496 e. The fourth-order valence-electron chi connectivity index (χ4n) is 1.46. The van der Waals surface area contributed by atoms with Crippen molar-refractivity contribution in [3.63, 3.8) is 0 Å². The summed E-state index contributed by atoms with van der Waals surface area (Å²) in [6.45, 7) is 2.10. The van der Waals surface area contributed by atoms with Gasteiger partial charge in [0.15, 0.2) is 0 Å². The average molecular weight is 269 g/mol. The molecule has 0 unspecified atom stereocenters. The van der Waals surface area contributed by atoms with Crippen LogP contribution in [0.4, 0.5) is 0 Å². The second-order valence-electron chi connectivity index (χ2n) is 3.47. The molecule has 0 fully saturated rings. The minimum atomic E-state index is 0.942. The Bertz CT molecular complexity index is 331. The van der Waals surface area contributed by atoms with Crippen molar-refractivity contribution in [2.75, 3.05) is 12.4 Å². The molecule has 0 saturated carbocycles. The van der Waals surface area contributed by atoms with Gasteiger partial charge in [-0.3, -0.25) is 0 Å². The Labute approximate surface area is 100 Å². The lowest BCUT2D eigenvalue weighted by Gasteiger charge is -2.07. The van der Waals surface area contributed by atoms with Gasteiger partial charge in [-0.05, 0) is 31.4 Å². The van der Waals surface area contributed by atoms with E-state index in [1.54, 1.807) is 7.11 Å². The molecule has 1 aromatic carbocycles. The molecular weight excluding hydrogens is 252 g/mol. The van der Waals surface area contributed by atoms with Crippen LogP contribution in [0.1, 0.15) is 17.5 Å². The number of alkyl halides is 1. The fourth-order valence-corrected chi connectivity index (χ4v) is 1.72. The summed E-state index contributed by atoms with van der Waals surface area (Å²) in [4.78, 5) is 0. The van der Waals surface area contributed by atoms with E-state index in [4.69, 9.17) is 4.74 Å². The lowest BCUT2D eigenvalue weighted by molar-refractivity contribution is 0.410. The molecule has 1 nitrogen and oxygen atoms in total. The van der Waals surface area contributed by atoms with Gasteiger partial charge >= 0.3 is 0 Å². The van der Waals surface area contributed by atoms with Crippen molar-refractivity contribution in [1.82, 2.24) is 0 Å². The van der Waals surface area contributed by atoms with Crippen LogP contribution in [0.3, 0.4) is 0 Å². The van der Waals surface area contributed by atoms with Gasteiger partial charge in [0.1, 0.15) is 5.75 Å². The molecule has 0 atom stereocenters. The van der Waals surface area contributed by atoms with E-state index in [2.05, 4.69) is 47.1 Å². The van der Waals surface area contributed by atoms with Crippen molar-refractivity contribution in [2.24, 2.45) is 0 Å². The van der Waals surface area contributed by atoms with Crippen molar-refractivity contribution in [2.45, 2.75) is 19.8 Å². The number of hydrogen-bond acceptors (Lipinski definition) is 1. The Hall–Kier alpha value is -0.760. The number of benzene rings is 1. The van der Waals surface area contributed by atoms with Crippen LogP contribution in [-0.4, -0.2) is 12.4 Å². The molecule has 1 aromatic rings. The molecule has 0 N–H and O–H groups in total. The number of allylic oxidation sites excluding steroid dienone is 2. The van der Waals surface area contributed by atoms with Crippen LogP contribution in [0.2, 0.25) is 0 Å². The minimum Gasteiger partial charge on any atom is -0.496 e. The highest BCUT2D eigenvalue weighted by molar-refractivity contribution is 9.09. The molecule has 0 aliphatic heterocycles. The highest BCUT2D eigenvalue weighted by Crippen LogP contribution is 2.20. The van der Waals surface area contributed by atoms with Gasteiger partial charge in [0, 0.05) is 5.33 Å². The average Bonchev–Trinajstić information content (AvgIpc) is 2.25. The summed E-state index contributed by atoms with van der Waals surface area (Å²) in [5.41, 5.74) is 2.53. The predicted octanol–water partition coefficient (Wildman–Crippen LogP) is 3.89. The van der Waals surface area contributed by atoms with E-state index in [0.29, 0.717) is 0 Å². The summed E-state index contributed by atoms with van der Waals surface area (Å²) in [7, 11) is 1.72. The molecule has 0 aliphatic rings. The highest BCUT2D eigenvalue weighted by Gasteiger charge is 2.00. The number of ether oxygens (including phenoxy) is 1. The quantitative estimate of drug-likeness (QED) is 0.582. The molecule has 0 saturated heterocycles. The van der Waals surface area contributed by atoms with Gasteiger partial charge in [0.2, 0.25) is 0 Å². The number of hydrogen-bond donors (Lipinski definition) is 0. The first-order valence-electron chi connectivity index (χ1n) is 5.12. The number of methoxy groups -OCH3 is 1. The van der Waals surface area contributed by atoms with Crippen molar-refractivity contribution in [3.8, 4) is 5.75 Å². The van der Waals surface area contributed by atoms with E-state index in [1.165, 1.54) is 11.1 Å².